The molecule has 0 spiro atoms. The number of carbonyl (C=O) groups is 2. The Morgan fingerprint density at radius 2 is 2.09 bits per heavy atom. The van der Waals surface area contributed by atoms with Crippen LogP contribution in [0.15, 0.2) is 12.1 Å². The third kappa shape index (κ3) is 3.49. The van der Waals surface area contributed by atoms with Gasteiger partial charge in [-0.1, -0.05) is 26.8 Å². The van der Waals surface area contributed by atoms with Crippen molar-refractivity contribution in [3.05, 3.63) is 23.3 Å². The predicted molar refractivity (Wildman–Crippen MR) is 88.8 cm³/mol. The molecule has 0 radical (unpaired) electrons. The number of rotatable bonds is 5. The largest absolute Gasteiger partial charge is 0.478 e. The van der Waals surface area contributed by atoms with Gasteiger partial charge in [0.1, 0.15) is 5.75 Å². The molecular weight excluding hydrogens is 294 g/mol. The molecule has 126 valence electrons. The number of nitrogens with zero attached hydrogens (tertiary/aromatic N) is 1. The monoisotopic (exact) mass is 319 g/mol. The summed E-state index contributed by atoms with van der Waals surface area (Å²) in [5, 5.41) is 0. The highest BCUT2D eigenvalue weighted by atomic mass is 16.5. The molecule has 0 aliphatic carbocycles. The summed E-state index contributed by atoms with van der Waals surface area (Å²) in [4.78, 5) is 26.0. The van der Waals surface area contributed by atoms with Crippen LogP contribution in [-0.4, -0.2) is 31.6 Å². The van der Waals surface area contributed by atoms with Crippen molar-refractivity contribution in [2.75, 3.05) is 18.6 Å². The highest BCUT2D eigenvalue weighted by Gasteiger charge is 2.37. The van der Waals surface area contributed by atoms with E-state index in [0.717, 1.165) is 29.0 Å². The van der Waals surface area contributed by atoms with Crippen molar-refractivity contribution >= 4 is 17.6 Å². The molecule has 0 saturated carbocycles. The Morgan fingerprint density at radius 3 is 2.65 bits per heavy atom. The molecule has 0 fully saturated rings. The molecule has 0 saturated heterocycles. The molecule has 1 aromatic rings. The molecule has 5 nitrogen and oxygen atoms in total. The van der Waals surface area contributed by atoms with Gasteiger partial charge in [0, 0.05) is 6.54 Å². The number of methoxy groups -OCH3 is 1. The van der Waals surface area contributed by atoms with Gasteiger partial charge >= 0.3 is 5.97 Å². The van der Waals surface area contributed by atoms with Gasteiger partial charge in [0.2, 0.25) is 0 Å². The van der Waals surface area contributed by atoms with Crippen LogP contribution in [0.4, 0.5) is 5.69 Å². The molecule has 1 aliphatic heterocycles. The summed E-state index contributed by atoms with van der Waals surface area (Å²) < 4.78 is 10.7. The number of hydrogen-bond acceptors (Lipinski definition) is 4. The average Bonchev–Trinajstić information content (AvgIpc) is 2.52. The Morgan fingerprint density at radius 1 is 1.39 bits per heavy atom. The van der Waals surface area contributed by atoms with Gasteiger partial charge in [-0.2, -0.15) is 0 Å². The lowest BCUT2D eigenvalue weighted by atomic mass is 9.99. The molecule has 1 atom stereocenters. The minimum atomic E-state index is -0.522. The van der Waals surface area contributed by atoms with E-state index >= 15 is 0 Å². The van der Waals surface area contributed by atoms with Gasteiger partial charge in [-0.25, -0.2) is 0 Å². The van der Waals surface area contributed by atoms with E-state index in [4.69, 9.17) is 9.47 Å². The topological polar surface area (TPSA) is 55.8 Å². The maximum Gasteiger partial charge on any atom is 0.307 e. The second kappa shape index (κ2) is 7.02. The first-order valence-electron chi connectivity index (χ1n) is 8.07. The van der Waals surface area contributed by atoms with E-state index < -0.39 is 6.10 Å². The van der Waals surface area contributed by atoms with E-state index in [-0.39, 0.29) is 24.2 Å². The summed E-state index contributed by atoms with van der Waals surface area (Å²) in [5.41, 5.74) is 2.91. The Kier molecular flexibility index (Phi) is 5.29. The van der Waals surface area contributed by atoms with Gasteiger partial charge in [0.15, 0.2) is 6.10 Å². The number of anilines is 1. The molecule has 1 heterocycles. The van der Waals surface area contributed by atoms with Crippen LogP contribution >= 0.6 is 0 Å². The van der Waals surface area contributed by atoms with Crippen LogP contribution in [0, 0.1) is 12.8 Å². The lowest BCUT2D eigenvalue weighted by Gasteiger charge is -2.37. The number of benzene rings is 1. The normalized spacial score (nSPS) is 17.0. The zero-order valence-corrected chi connectivity index (χ0v) is 14.5. The summed E-state index contributed by atoms with van der Waals surface area (Å²) in [7, 11) is 1.35. The van der Waals surface area contributed by atoms with Crippen LogP contribution in [0.3, 0.4) is 0 Å². The first-order valence-corrected chi connectivity index (χ1v) is 8.07. The van der Waals surface area contributed by atoms with Crippen molar-refractivity contribution in [3.63, 3.8) is 0 Å². The maximum absolute atomic E-state index is 12.8. The van der Waals surface area contributed by atoms with E-state index in [1.54, 1.807) is 4.90 Å². The zero-order chi connectivity index (χ0) is 17.1. The number of carbonyl (C=O) groups excluding carboxylic acids is 2. The first kappa shape index (κ1) is 17.3. The predicted octanol–water partition coefficient (Wildman–Crippen LogP) is 2.87. The lowest BCUT2D eigenvalue weighted by Crippen LogP contribution is -2.49. The van der Waals surface area contributed by atoms with Gasteiger partial charge in [-0.05, 0) is 36.5 Å². The van der Waals surface area contributed by atoms with Gasteiger partial charge in [-0.3, -0.25) is 9.59 Å². The Labute approximate surface area is 137 Å². The molecule has 1 amide bonds. The molecule has 0 bridgehead atoms. The SMILES string of the molecule is CCc1cc(C)c2c(c1)N(CCC(=O)OC)C(=O)C(C(C)C)O2. The van der Waals surface area contributed by atoms with Crippen LogP contribution in [0.1, 0.15) is 38.3 Å². The smallest absolute Gasteiger partial charge is 0.307 e. The third-order valence-corrected chi connectivity index (χ3v) is 4.14. The number of esters is 1. The van der Waals surface area contributed by atoms with Crippen molar-refractivity contribution in [3.8, 4) is 5.75 Å². The summed E-state index contributed by atoms with van der Waals surface area (Å²) in [6.07, 6.45) is 0.522. The van der Waals surface area contributed by atoms with E-state index in [2.05, 4.69) is 13.0 Å². The van der Waals surface area contributed by atoms with Crippen LogP contribution in [-0.2, 0) is 20.7 Å². The highest BCUT2D eigenvalue weighted by Crippen LogP contribution is 2.39. The minimum absolute atomic E-state index is 0.0570. The number of aryl methyl sites for hydroxylation is 2. The van der Waals surface area contributed by atoms with Crippen LogP contribution in [0.25, 0.3) is 0 Å². The van der Waals surface area contributed by atoms with Crippen molar-refractivity contribution in [2.45, 2.75) is 46.6 Å². The first-order chi connectivity index (χ1) is 10.9. The fraction of sp³-hybridized carbons (Fsp3) is 0.556. The summed E-state index contributed by atoms with van der Waals surface area (Å²) in [6.45, 7) is 8.29. The molecule has 1 unspecified atom stereocenters. The molecule has 0 aromatic heterocycles. The van der Waals surface area contributed by atoms with Crippen LogP contribution in [0.5, 0.6) is 5.75 Å². The van der Waals surface area contributed by atoms with Crippen molar-refractivity contribution in [2.24, 2.45) is 5.92 Å². The van der Waals surface area contributed by atoms with Gasteiger partial charge in [-0.15, -0.1) is 0 Å². The van der Waals surface area contributed by atoms with Gasteiger partial charge in [0.05, 0.1) is 19.2 Å². The average molecular weight is 319 g/mol. The van der Waals surface area contributed by atoms with Gasteiger partial charge in [0.25, 0.3) is 5.91 Å². The molecule has 2 rings (SSSR count). The Bertz CT molecular complexity index is 609. The maximum atomic E-state index is 12.8. The molecule has 1 aromatic carbocycles. The highest BCUT2D eigenvalue weighted by molar-refractivity contribution is 6.01. The van der Waals surface area contributed by atoms with E-state index in [9.17, 15) is 9.59 Å². The van der Waals surface area contributed by atoms with Crippen LogP contribution < -0.4 is 9.64 Å². The van der Waals surface area contributed by atoms with Crippen molar-refractivity contribution in [1.29, 1.82) is 0 Å². The van der Waals surface area contributed by atoms with E-state index in [0.29, 0.717) is 6.54 Å². The quantitative estimate of drug-likeness (QED) is 0.783. The van der Waals surface area contributed by atoms with Gasteiger partial charge < -0.3 is 14.4 Å². The number of hydrogen-bond donors (Lipinski definition) is 0. The fourth-order valence-corrected chi connectivity index (χ4v) is 2.79. The number of fused-ring (bicyclic) bond motifs is 1. The van der Waals surface area contributed by atoms with Crippen LogP contribution in [0.2, 0.25) is 0 Å². The van der Waals surface area contributed by atoms with E-state index in [1.807, 2.05) is 26.8 Å². The molecule has 0 N–H and O–H groups in total. The zero-order valence-electron chi connectivity index (χ0n) is 14.5. The number of amides is 1. The molecule has 23 heavy (non-hydrogen) atoms. The molecule has 1 aliphatic rings. The number of ether oxygens (including phenoxy) is 2. The fourth-order valence-electron chi connectivity index (χ4n) is 2.79. The minimum Gasteiger partial charge on any atom is -0.478 e. The second-order valence-electron chi connectivity index (χ2n) is 6.21. The molecule has 5 heteroatoms. The standard InChI is InChI=1S/C18H25NO4/c1-6-13-9-12(4)17-14(10-13)19(8-7-15(20)22-5)18(21)16(23-17)11(2)3/h9-11,16H,6-8H2,1-5H3. The van der Waals surface area contributed by atoms with E-state index in [1.165, 1.54) is 7.11 Å². The molecular formula is C18H25NO4. The Hall–Kier alpha value is -2.04. The summed E-state index contributed by atoms with van der Waals surface area (Å²) in [5.74, 6) is 0.381. The lowest BCUT2D eigenvalue weighted by molar-refractivity contribution is -0.140. The van der Waals surface area contributed by atoms with Crippen molar-refractivity contribution in [1.82, 2.24) is 0 Å². The second-order valence-corrected chi connectivity index (χ2v) is 6.21. The summed E-state index contributed by atoms with van der Waals surface area (Å²) >= 11 is 0. The van der Waals surface area contributed by atoms with Crippen molar-refractivity contribution < 1.29 is 19.1 Å². The Balaban J connectivity index is 2.43. The summed E-state index contributed by atoms with van der Waals surface area (Å²) in [6, 6.07) is 4.07. The third-order valence-electron chi connectivity index (χ3n) is 4.14.